The standard InChI is InChI=1S/C21H22N2O3S3/c1-26-20(25)15-6-9-17-18(13-15)29-21(23(17)10-11-27-2)22-19(24)12-14-4-7-16(28-3)8-5-14/h4-9,13H,10-12H2,1-3H3. The second-order valence-electron chi connectivity index (χ2n) is 6.23. The van der Waals surface area contributed by atoms with Crippen LogP contribution in [0.4, 0.5) is 0 Å². The van der Waals surface area contributed by atoms with E-state index in [-0.39, 0.29) is 18.3 Å². The fourth-order valence-corrected chi connectivity index (χ4v) is 4.75. The third kappa shape index (κ3) is 5.32. The van der Waals surface area contributed by atoms with E-state index in [1.807, 2.05) is 47.4 Å². The number of aryl methyl sites for hydroxylation is 1. The topological polar surface area (TPSA) is 60.7 Å². The fourth-order valence-electron chi connectivity index (χ4n) is 2.87. The molecule has 8 heteroatoms. The first-order valence-corrected chi connectivity index (χ1v) is 12.4. The van der Waals surface area contributed by atoms with Crippen LogP contribution in [0.2, 0.25) is 0 Å². The summed E-state index contributed by atoms with van der Waals surface area (Å²) in [4.78, 5) is 30.7. The molecule has 0 bridgehead atoms. The highest BCUT2D eigenvalue weighted by Gasteiger charge is 2.12. The van der Waals surface area contributed by atoms with Gasteiger partial charge in [0.25, 0.3) is 5.91 Å². The van der Waals surface area contributed by atoms with E-state index < -0.39 is 0 Å². The van der Waals surface area contributed by atoms with Crippen LogP contribution in [0.25, 0.3) is 10.2 Å². The molecular formula is C21H22N2O3S3. The first kappa shape index (κ1) is 21.7. The van der Waals surface area contributed by atoms with E-state index in [0.29, 0.717) is 10.4 Å². The van der Waals surface area contributed by atoms with Crippen LogP contribution in [-0.4, -0.2) is 41.8 Å². The third-order valence-electron chi connectivity index (χ3n) is 4.36. The average Bonchev–Trinajstić information content (AvgIpc) is 3.07. The van der Waals surface area contributed by atoms with Crippen LogP contribution in [-0.2, 0) is 22.5 Å². The Bertz CT molecular complexity index is 1080. The molecule has 0 aliphatic heterocycles. The lowest BCUT2D eigenvalue weighted by Crippen LogP contribution is -2.18. The Kier molecular flexibility index (Phi) is 7.57. The van der Waals surface area contributed by atoms with Gasteiger partial charge in [-0.1, -0.05) is 23.5 Å². The number of hydrogen-bond acceptors (Lipinski definition) is 6. The summed E-state index contributed by atoms with van der Waals surface area (Å²) in [6, 6.07) is 13.4. The molecule has 0 saturated heterocycles. The highest BCUT2D eigenvalue weighted by molar-refractivity contribution is 7.98. The molecule has 3 aromatic rings. The Morgan fingerprint density at radius 3 is 2.55 bits per heavy atom. The average molecular weight is 447 g/mol. The molecule has 0 spiro atoms. The molecule has 0 fully saturated rings. The minimum atomic E-state index is -0.376. The van der Waals surface area contributed by atoms with Crippen LogP contribution >= 0.6 is 34.9 Å². The van der Waals surface area contributed by atoms with Crippen LogP contribution < -0.4 is 4.80 Å². The Hall–Kier alpha value is -2.03. The minimum Gasteiger partial charge on any atom is -0.465 e. The maximum atomic E-state index is 12.6. The summed E-state index contributed by atoms with van der Waals surface area (Å²) < 4.78 is 7.77. The van der Waals surface area contributed by atoms with Crippen molar-refractivity contribution in [1.29, 1.82) is 0 Å². The van der Waals surface area contributed by atoms with Crippen LogP contribution in [0.1, 0.15) is 15.9 Å². The van der Waals surface area contributed by atoms with Gasteiger partial charge in [-0.05, 0) is 48.4 Å². The smallest absolute Gasteiger partial charge is 0.337 e. The second kappa shape index (κ2) is 10.1. The quantitative estimate of drug-likeness (QED) is 0.401. The molecule has 1 heterocycles. The van der Waals surface area contributed by atoms with E-state index in [1.54, 1.807) is 35.7 Å². The number of rotatable bonds is 7. The molecule has 1 aromatic heterocycles. The maximum Gasteiger partial charge on any atom is 0.337 e. The van der Waals surface area contributed by atoms with Crippen molar-refractivity contribution >= 4 is 57.0 Å². The molecule has 0 radical (unpaired) electrons. The molecule has 0 saturated carbocycles. The fraction of sp³-hybridized carbons (Fsp3) is 0.286. The van der Waals surface area contributed by atoms with Gasteiger partial charge in [-0.2, -0.15) is 16.8 Å². The van der Waals surface area contributed by atoms with Crippen molar-refractivity contribution in [1.82, 2.24) is 4.57 Å². The van der Waals surface area contributed by atoms with Crippen molar-refractivity contribution in [2.45, 2.75) is 17.9 Å². The molecule has 2 aromatic carbocycles. The van der Waals surface area contributed by atoms with Crippen LogP contribution in [0.15, 0.2) is 52.4 Å². The molecule has 152 valence electrons. The monoisotopic (exact) mass is 446 g/mol. The molecule has 5 nitrogen and oxygen atoms in total. The van der Waals surface area contributed by atoms with Crippen molar-refractivity contribution in [2.75, 3.05) is 25.4 Å². The number of fused-ring (bicyclic) bond motifs is 1. The van der Waals surface area contributed by atoms with Crippen molar-refractivity contribution in [2.24, 2.45) is 4.99 Å². The molecule has 0 N–H and O–H groups in total. The highest BCUT2D eigenvalue weighted by Crippen LogP contribution is 2.20. The number of hydrogen-bond donors (Lipinski definition) is 0. The molecule has 3 rings (SSSR count). The zero-order valence-corrected chi connectivity index (χ0v) is 19.0. The molecule has 0 atom stereocenters. The number of thioether (sulfide) groups is 2. The zero-order chi connectivity index (χ0) is 20.8. The van der Waals surface area contributed by atoms with Gasteiger partial charge < -0.3 is 9.30 Å². The van der Waals surface area contributed by atoms with E-state index in [4.69, 9.17) is 4.74 Å². The Morgan fingerprint density at radius 1 is 1.14 bits per heavy atom. The van der Waals surface area contributed by atoms with Crippen molar-refractivity contribution < 1.29 is 14.3 Å². The summed E-state index contributed by atoms with van der Waals surface area (Å²) in [5.41, 5.74) is 2.40. The van der Waals surface area contributed by atoms with Crippen molar-refractivity contribution in [3.63, 3.8) is 0 Å². The molecular weight excluding hydrogens is 424 g/mol. The van der Waals surface area contributed by atoms with E-state index in [1.165, 1.54) is 23.3 Å². The lowest BCUT2D eigenvalue weighted by atomic mass is 10.1. The van der Waals surface area contributed by atoms with E-state index >= 15 is 0 Å². The lowest BCUT2D eigenvalue weighted by molar-refractivity contribution is -0.117. The number of ether oxygens (including phenoxy) is 1. The Morgan fingerprint density at radius 2 is 1.90 bits per heavy atom. The largest absolute Gasteiger partial charge is 0.465 e. The van der Waals surface area contributed by atoms with Gasteiger partial charge in [0.05, 0.1) is 29.3 Å². The predicted molar refractivity (Wildman–Crippen MR) is 122 cm³/mol. The van der Waals surface area contributed by atoms with Gasteiger partial charge in [-0.3, -0.25) is 4.79 Å². The number of benzene rings is 2. The number of methoxy groups -OCH3 is 1. The molecule has 29 heavy (non-hydrogen) atoms. The van der Waals surface area contributed by atoms with Gasteiger partial charge in [0.1, 0.15) is 0 Å². The molecule has 0 aliphatic carbocycles. The lowest BCUT2D eigenvalue weighted by Gasteiger charge is -2.04. The van der Waals surface area contributed by atoms with Crippen LogP contribution in [0.5, 0.6) is 0 Å². The predicted octanol–water partition coefficient (Wildman–Crippen LogP) is 4.24. The van der Waals surface area contributed by atoms with Gasteiger partial charge in [0.2, 0.25) is 0 Å². The normalized spacial score (nSPS) is 11.8. The summed E-state index contributed by atoms with van der Waals surface area (Å²) in [5, 5.41) is 0. The van der Waals surface area contributed by atoms with E-state index in [9.17, 15) is 9.59 Å². The number of amides is 1. The second-order valence-corrected chi connectivity index (χ2v) is 9.11. The summed E-state index contributed by atoms with van der Waals surface area (Å²) in [7, 11) is 1.37. The van der Waals surface area contributed by atoms with E-state index in [0.717, 1.165) is 28.1 Å². The maximum absolute atomic E-state index is 12.6. The zero-order valence-electron chi connectivity index (χ0n) is 16.5. The number of carbonyl (C=O) groups excluding carboxylic acids is 2. The number of nitrogens with zero attached hydrogens (tertiary/aromatic N) is 2. The van der Waals surface area contributed by atoms with Gasteiger partial charge in [0.15, 0.2) is 4.80 Å². The summed E-state index contributed by atoms with van der Waals surface area (Å²) >= 11 is 4.82. The van der Waals surface area contributed by atoms with Gasteiger partial charge in [-0.25, -0.2) is 4.79 Å². The van der Waals surface area contributed by atoms with Crippen molar-refractivity contribution in [3.05, 3.63) is 58.4 Å². The first-order valence-electron chi connectivity index (χ1n) is 8.97. The Labute approximate surface area is 182 Å². The molecule has 0 unspecified atom stereocenters. The summed E-state index contributed by atoms with van der Waals surface area (Å²) in [6.45, 7) is 0.743. The van der Waals surface area contributed by atoms with Gasteiger partial charge >= 0.3 is 5.97 Å². The third-order valence-corrected chi connectivity index (χ3v) is 6.73. The Balaban J connectivity index is 1.96. The number of aromatic nitrogens is 1. The summed E-state index contributed by atoms with van der Waals surface area (Å²) in [5.74, 6) is 0.348. The molecule has 0 aliphatic rings. The van der Waals surface area contributed by atoms with Crippen LogP contribution in [0, 0.1) is 0 Å². The number of esters is 1. The number of carbonyl (C=O) groups is 2. The summed E-state index contributed by atoms with van der Waals surface area (Å²) in [6.07, 6.45) is 4.33. The van der Waals surface area contributed by atoms with Crippen molar-refractivity contribution in [3.8, 4) is 0 Å². The first-order chi connectivity index (χ1) is 14.0. The SMILES string of the molecule is COC(=O)c1ccc2c(c1)sc(=NC(=O)Cc1ccc(SC)cc1)n2CCSC. The number of thiazole rings is 1. The van der Waals surface area contributed by atoms with Gasteiger partial charge in [0, 0.05) is 17.2 Å². The minimum absolute atomic E-state index is 0.181. The molecule has 1 amide bonds. The van der Waals surface area contributed by atoms with Crippen LogP contribution in [0.3, 0.4) is 0 Å². The van der Waals surface area contributed by atoms with Gasteiger partial charge in [-0.15, -0.1) is 11.8 Å². The van der Waals surface area contributed by atoms with E-state index in [2.05, 4.69) is 4.99 Å². The highest BCUT2D eigenvalue weighted by atomic mass is 32.2.